The van der Waals surface area contributed by atoms with Gasteiger partial charge in [-0.1, -0.05) is 0 Å². The maximum Gasteiger partial charge on any atom is 0.308 e. The van der Waals surface area contributed by atoms with Crippen molar-refractivity contribution in [2.75, 3.05) is 6.61 Å². The quantitative estimate of drug-likeness (QED) is 0.283. The first-order valence-corrected chi connectivity index (χ1v) is 6.72. The summed E-state index contributed by atoms with van der Waals surface area (Å²) in [5, 5.41) is 3.88. The maximum absolute atomic E-state index is 11.1. The lowest BCUT2D eigenvalue weighted by atomic mass is 10.0. The van der Waals surface area contributed by atoms with Crippen molar-refractivity contribution in [3.05, 3.63) is 22.8 Å². The van der Waals surface area contributed by atoms with Crippen LogP contribution in [0.3, 0.4) is 0 Å². The van der Waals surface area contributed by atoms with Crippen LogP contribution in [-0.2, 0) is 4.79 Å². The lowest BCUT2D eigenvalue weighted by Crippen LogP contribution is -2.24. The molecule has 0 spiro atoms. The Kier molecular flexibility index (Phi) is 6.10. The van der Waals surface area contributed by atoms with Crippen LogP contribution >= 0.6 is 12.2 Å². The van der Waals surface area contributed by atoms with E-state index in [0.29, 0.717) is 11.5 Å². The molecule has 0 aliphatic rings. The average Bonchev–Trinajstić information content (AvgIpc) is 2.39. The van der Waals surface area contributed by atoms with E-state index in [1.807, 2.05) is 26.8 Å². The topological polar surface area (TPSA) is 85.9 Å². The Hall–Kier alpha value is -2.15. The van der Waals surface area contributed by atoms with Gasteiger partial charge in [0.05, 0.1) is 6.21 Å². The highest BCUT2D eigenvalue weighted by atomic mass is 32.1. The molecule has 0 amide bonds. The van der Waals surface area contributed by atoms with E-state index in [-0.39, 0.29) is 17.7 Å². The molecule has 0 fully saturated rings. The number of esters is 1. The number of carbonyl (C=O) groups excluding carboxylic acids is 1. The summed E-state index contributed by atoms with van der Waals surface area (Å²) in [5.41, 5.74) is 10.3. The number of nitrogens with two attached hydrogens (primary N) is 1. The average molecular weight is 309 g/mol. The molecule has 7 heteroatoms. The van der Waals surface area contributed by atoms with E-state index in [0.717, 1.165) is 16.7 Å². The molecule has 0 aliphatic heterocycles. The summed E-state index contributed by atoms with van der Waals surface area (Å²) >= 11 is 4.61. The lowest BCUT2D eigenvalue weighted by Gasteiger charge is -2.15. The summed E-state index contributed by atoms with van der Waals surface area (Å²) in [6, 6.07) is 1.83. The highest BCUT2D eigenvalue weighted by molar-refractivity contribution is 7.80. The first-order valence-electron chi connectivity index (χ1n) is 6.32. The molecule has 6 nitrogen and oxygen atoms in total. The summed E-state index contributed by atoms with van der Waals surface area (Å²) in [6.07, 6.45) is 1.52. The highest BCUT2D eigenvalue weighted by Gasteiger charge is 2.13. The predicted molar refractivity (Wildman–Crippen MR) is 85.9 cm³/mol. The first-order chi connectivity index (χ1) is 9.82. The van der Waals surface area contributed by atoms with Gasteiger partial charge in [0, 0.05) is 6.92 Å². The Morgan fingerprint density at radius 1 is 1.43 bits per heavy atom. The second-order valence-corrected chi connectivity index (χ2v) is 4.90. The zero-order chi connectivity index (χ0) is 16.0. The molecule has 0 unspecified atom stereocenters. The zero-order valence-electron chi connectivity index (χ0n) is 12.5. The van der Waals surface area contributed by atoms with Gasteiger partial charge in [-0.25, -0.2) is 0 Å². The van der Waals surface area contributed by atoms with Gasteiger partial charge in [-0.15, -0.1) is 0 Å². The van der Waals surface area contributed by atoms with E-state index < -0.39 is 0 Å². The summed E-state index contributed by atoms with van der Waals surface area (Å²) in [7, 11) is 0. The molecular weight excluding hydrogens is 290 g/mol. The molecule has 114 valence electrons. The molecule has 21 heavy (non-hydrogen) atoms. The number of benzene rings is 1. The van der Waals surface area contributed by atoms with Crippen molar-refractivity contribution in [1.82, 2.24) is 5.43 Å². The largest absolute Gasteiger partial charge is 0.488 e. The lowest BCUT2D eigenvalue weighted by molar-refractivity contribution is -0.131. The molecule has 1 aromatic rings. The molecule has 0 aliphatic carbocycles. The van der Waals surface area contributed by atoms with Crippen LogP contribution in [-0.4, -0.2) is 23.9 Å². The van der Waals surface area contributed by atoms with Crippen molar-refractivity contribution in [2.24, 2.45) is 10.8 Å². The molecule has 1 rings (SSSR count). The third-order valence-corrected chi connectivity index (χ3v) is 2.89. The fourth-order valence-electron chi connectivity index (χ4n) is 1.75. The number of aryl methyl sites for hydroxylation is 1. The number of nitrogens with zero attached hydrogens (tertiary/aromatic N) is 1. The van der Waals surface area contributed by atoms with Crippen molar-refractivity contribution < 1.29 is 14.3 Å². The number of nitrogens with one attached hydrogen (secondary N) is 1. The van der Waals surface area contributed by atoms with Gasteiger partial charge in [0.1, 0.15) is 18.1 Å². The number of hydrogen-bond acceptors (Lipinski definition) is 5. The second-order valence-electron chi connectivity index (χ2n) is 4.46. The molecule has 3 N–H and O–H groups in total. The molecule has 0 saturated heterocycles. The Morgan fingerprint density at radius 2 is 2.10 bits per heavy atom. The van der Waals surface area contributed by atoms with Crippen molar-refractivity contribution >= 4 is 29.5 Å². The van der Waals surface area contributed by atoms with Crippen LogP contribution in [0.1, 0.15) is 23.6 Å². The summed E-state index contributed by atoms with van der Waals surface area (Å²) in [4.78, 5) is 11.1. The van der Waals surface area contributed by atoms with Gasteiger partial charge in [-0.05, 0) is 55.7 Å². The summed E-state index contributed by atoms with van der Waals surface area (Å²) < 4.78 is 10.8. The molecule has 0 aromatic heterocycles. The van der Waals surface area contributed by atoms with Crippen molar-refractivity contribution in [2.45, 2.75) is 27.7 Å². The van der Waals surface area contributed by atoms with Gasteiger partial charge in [0.2, 0.25) is 0 Å². The molecule has 0 heterocycles. The van der Waals surface area contributed by atoms with Crippen LogP contribution in [0.25, 0.3) is 0 Å². The van der Waals surface area contributed by atoms with E-state index in [9.17, 15) is 4.79 Å². The Bertz CT molecular complexity index is 585. The smallest absolute Gasteiger partial charge is 0.308 e. The molecule has 0 atom stereocenters. The number of hydrazone groups is 1. The number of carbonyl (C=O) groups is 1. The predicted octanol–water partition coefficient (Wildman–Crippen LogP) is 1.73. The van der Waals surface area contributed by atoms with E-state index in [4.69, 9.17) is 15.2 Å². The fraction of sp³-hybridized carbons (Fsp3) is 0.357. The van der Waals surface area contributed by atoms with E-state index in [2.05, 4.69) is 22.7 Å². The Balaban J connectivity index is 2.83. The minimum absolute atomic E-state index is 0.0971. The Morgan fingerprint density at radius 3 is 2.67 bits per heavy atom. The third kappa shape index (κ3) is 5.03. The zero-order valence-corrected chi connectivity index (χ0v) is 13.3. The van der Waals surface area contributed by atoms with Gasteiger partial charge in [0.15, 0.2) is 5.11 Å². The first kappa shape index (κ1) is 16.9. The highest BCUT2D eigenvalue weighted by Crippen LogP contribution is 2.33. The van der Waals surface area contributed by atoms with Crippen LogP contribution in [0.5, 0.6) is 11.5 Å². The van der Waals surface area contributed by atoms with Gasteiger partial charge >= 0.3 is 5.97 Å². The Labute approximate surface area is 129 Å². The van der Waals surface area contributed by atoms with Gasteiger partial charge in [0.25, 0.3) is 0 Å². The minimum Gasteiger partial charge on any atom is -0.488 e. The van der Waals surface area contributed by atoms with Crippen LogP contribution < -0.4 is 20.6 Å². The summed E-state index contributed by atoms with van der Waals surface area (Å²) in [6.45, 7) is 7.30. The number of ether oxygens (including phenoxy) is 2. The third-order valence-electron chi connectivity index (χ3n) is 2.80. The second kappa shape index (κ2) is 7.58. The normalized spacial score (nSPS) is 10.5. The van der Waals surface area contributed by atoms with Crippen LogP contribution in [0.4, 0.5) is 0 Å². The van der Waals surface area contributed by atoms with Gasteiger partial charge < -0.3 is 15.2 Å². The minimum atomic E-state index is -0.342. The van der Waals surface area contributed by atoms with E-state index in [1.165, 1.54) is 13.1 Å². The van der Waals surface area contributed by atoms with E-state index >= 15 is 0 Å². The molecular formula is C14H19N3O3S. The van der Waals surface area contributed by atoms with Crippen molar-refractivity contribution in [3.63, 3.8) is 0 Å². The monoisotopic (exact) mass is 309 g/mol. The van der Waals surface area contributed by atoms with Crippen molar-refractivity contribution in [3.8, 4) is 11.5 Å². The SMILES string of the molecule is CC(=O)Oc1c(C)cc(OCC=NNC(N)=S)c(C)c1C. The number of rotatable bonds is 5. The van der Waals surface area contributed by atoms with Crippen LogP contribution in [0.2, 0.25) is 0 Å². The van der Waals surface area contributed by atoms with E-state index in [1.54, 1.807) is 0 Å². The summed E-state index contributed by atoms with van der Waals surface area (Å²) in [5.74, 6) is 0.948. The standard InChI is InChI=1S/C14H19N3O3S/c1-8-7-12(19-6-5-16-17-14(15)21)9(2)10(3)13(8)20-11(4)18/h5,7H,6H2,1-4H3,(H3,15,17,21). The van der Waals surface area contributed by atoms with Gasteiger partial charge in [-0.2, -0.15) is 5.10 Å². The van der Waals surface area contributed by atoms with Crippen LogP contribution in [0, 0.1) is 20.8 Å². The van der Waals surface area contributed by atoms with Gasteiger partial charge in [-0.3, -0.25) is 10.2 Å². The number of thiocarbonyl (C=S) groups is 1. The number of hydrogen-bond donors (Lipinski definition) is 2. The molecule has 0 bridgehead atoms. The van der Waals surface area contributed by atoms with Crippen molar-refractivity contribution in [1.29, 1.82) is 0 Å². The fourth-order valence-corrected chi connectivity index (χ4v) is 1.80. The molecule has 0 saturated carbocycles. The molecule has 0 radical (unpaired) electrons. The maximum atomic E-state index is 11.1. The van der Waals surface area contributed by atoms with Crippen LogP contribution in [0.15, 0.2) is 11.2 Å². The molecule has 1 aromatic carbocycles.